The first-order chi connectivity index (χ1) is 8.29. The van der Waals surface area contributed by atoms with E-state index in [9.17, 15) is 5.26 Å². The predicted molar refractivity (Wildman–Crippen MR) is 66.8 cm³/mol. The SMILES string of the molecule is Cc1ccc(C(C#N)CN2CCOCC2)cc1. The van der Waals surface area contributed by atoms with Crippen molar-refractivity contribution in [1.29, 1.82) is 5.26 Å². The van der Waals surface area contributed by atoms with Gasteiger partial charge in [-0.05, 0) is 12.5 Å². The molecule has 1 aliphatic heterocycles. The predicted octanol–water partition coefficient (Wildman–Crippen LogP) is 1.93. The topological polar surface area (TPSA) is 36.3 Å². The van der Waals surface area contributed by atoms with E-state index in [4.69, 9.17) is 4.74 Å². The van der Waals surface area contributed by atoms with Crippen LogP contribution in [-0.2, 0) is 4.74 Å². The molecule has 1 aromatic carbocycles. The van der Waals surface area contributed by atoms with E-state index >= 15 is 0 Å². The fourth-order valence-corrected chi connectivity index (χ4v) is 2.06. The van der Waals surface area contributed by atoms with Crippen molar-refractivity contribution in [3.8, 4) is 6.07 Å². The molecule has 1 saturated heterocycles. The van der Waals surface area contributed by atoms with Gasteiger partial charge < -0.3 is 4.74 Å². The number of aryl methyl sites for hydroxylation is 1. The number of benzene rings is 1. The summed E-state index contributed by atoms with van der Waals surface area (Å²) in [4.78, 5) is 2.30. The van der Waals surface area contributed by atoms with E-state index in [0.717, 1.165) is 38.4 Å². The van der Waals surface area contributed by atoms with Crippen LogP contribution >= 0.6 is 0 Å². The van der Waals surface area contributed by atoms with Gasteiger partial charge in [-0.2, -0.15) is 5.26 Å². The Bertz CT molecular complexity index is 388. The minimum atomic E-state index is -0.0336. The van der Waals surface area contributed by atoms with Gasteiger partial charge in [0.2, 0.25) is 0 Å². The Kier molecular flexibility index (Phi) is 4.13. The zero-order chi connectivity index (χ0) is 12.1. The fourth-order valence-electron chi connectivity index (χ4n) is 2.06. The van der Waals surface area contributed by atoms with Crippen LogP contribution in [0.3, 0.4) is 0 Å². The minimum Gasteiger partial charge on any atom is -0.379 e. The number of hydrogen-bond donors (Lipinski definition) is 0. The summed E-state index contributed by atoms with van der Waals surface area (Å²) in [5.41, 5.74) is 2.35. The Morgan fingerprint density at radius 1 is 1.29 bits per heavy atom. The van der Waals surface area contributed by atoms with Crippen LogP contribution in [-0.4, -0.2) is 37.7 Å². The normalized spacial score (nSPS) is 18.6. The van der Waals surface area contributed by atoms with E-state index in [1.54, 1.807) is 0 Å². The number of ether oxygens (including phenoxy) is 1. The molecule has 0 bridgehead atoms. The first kappa shape index (κ1) is 12.1. The first-order valence-corrected chi connectivity index (χ1v) is 6.06. The van der Waals surface area contributed by atoms with E-state index < -0.39 is 0 Å². The molecule has 3 heteroatoms. The molecule has 0 spiro atoms. The third kappa shape index (κ3) is 3.29. The molecule has 1 atom stereocenters. The maximum Gasteiger partial charge on any atom is 0.0839 e. The maximum absolute atomic E-state index is 9.27. The van der Waals surface area contributed by atoms with Crippen molar-refractivity contribution in [3.63, 3.8) is 0 Å². The summed E-state index contributed by atoms with van der Waals surface area (Å²) in [5, 5.41) is 9.27. The van der Waals surface area contributed by atoms with Crippen LogP contribution < -0.4 is 0 Å². The molecule has 0 amide bonds. The van der Waals surface area contributed by atoms with E-state index in [1.807, 2.05) is 0 Å². The van der Waals surface area contributed by atoms with E-state index in [1.165, 1.54) is 5.56 Å². The molecule has 1 heterocycles. The van der Waals surface area contributed by atoms with Crippen molar-refractivity contribution in [2.24, 2.45) is 0 Å². The van der Waals surface area contributed by atoms with Gasteiger partial charge in [0.1, 0.15) is 0 Å². The molecule has 0 saturated carbocycles. The van der Waals surface area contributed by atoms with E-state index in [-0.39, 0.29) is 5.92 Å². The molecule has 17 heavy (non-hydrogen) atoms. The molecule has 2 rings (SSSR count). The van der Waals surface area contributed by atoms with Gasteiger partial charge >= 0.3 is 0 Å². The Morgan fingerprint density at radius 3 is 2.53 bits per heavy atom. The summed E-state index contributed by atoms with van der Waals surface area (Å²) in [6.07, 6.45) is 0. The van der Waals surface area contributed by atoms with Crippen LogP contribution in [0.4, 0.5) is 0 Å². The number of hydrogen-bond acceptors (Lipinski definition) is 3. The van der Waals surface area contributed by atoms with Crippen LogP contribution in [0, 0.1) is 18.3 Å². The molecule has 90 valence electrons. The van der Waals surface area contributed by atoms with Crippen molar-refractivity contribution in [3.05, 3.63) is 35.4 Å². The van der Waals surface area contributed by atoms with Gasteiger partial charge in [0, 0.05) is 19.6 Å². The average molecular weight is 230 g/mol. The highest BCUT2D eigenvalue weighted by Gasteiger charge is 2.17. The maximum atomic E-state index is 9.27. The Morgan fingerprint density at radius 2 is 1.94 bits per heavy atom. The zero-order valence-electron chi connectivity index (χ0n) is 10.2. The van der Waals surface area contributed by atoms with Gasteiger partial charge in [0.05, 0.1) is 25.2 Å². The molecule has 1 unspecified atom stereocenters. The van der Waals surface area contributed by atoms with Crippen LogP contribution in [0.2, 0.25) is 0 Å². The summed E-state index contributed by atoms with van der Waals surface area (Å²) in [5.74, 6) is -0.0336. The summed E-state index contributed by atoms with van der Waals surface area (Å²) in [6, 6.07) is 10.7. The smallest absolute Gasteiger partial charge is 0.0839 e. The molecular formula is C14H18N2O. The van der Waals surface area contributed by atoms with Gasteiger partial charge in [0.15, 0.2) is 0 Å². The molecule has 1 aromatic rings. The lowest BCUT2D eigenvalue weighted by atomic mass is 9.99. The lowest BCUT2D eigenvalue weighted by molar-refractivity contribution is 0.0370. The third-order valence-electron chi connectivity index (χ3n) is 3.18. The lowest BCUT2D eigenvalue weighted by Crippen LogP contribution is -2.38. The fraction of sp³-hybridized carbons (Fsp3) is 0.500. The van der Waals surface area contributed by atoms with Gasteiger partial charge in [-0.3, -0.25) is 4.90 Å². The third-order valence-corrected chi connectivity index (χ3v) is 3.18. The molecule has 1 fully saturated rings. The van der Waals surface area contributed by atoms with Crippen molar-refractivity contribution in [2.75, 3.05) is 32.8 Å². The highest BCUT2D eigenvalue weighted by atomic mass is 16.5. The highest BCUT2D eigenvalue weighted by Crippen LogP contribution is 2.17. The van der Waals surface area contributed by atoms with Crippen molar-refractivity contribution < 1.29 is 4.74 Å². The zero-order valence-corrected chi connectivity index (χ0v) is 10.2. The Balaban J connectivity index is 2.01. The van der Waals surface area contributed by atoms with E-state index in [0.29, 0.717) is 0 Å². The van der Waals surface area contributed by atoms with Crippen LogP contribution in [0.15, 0.2) is 24.3 Å². The largest absolute Gasteiger partial charge is 0.379 e. The second-order valence-corrected chi connectivity index (χ2v) is 4.51. The molecule has 1 aliphatic rings. The van der Waals surface area contributed by atoms with Crippen molar-refractivity contribution in [1.82, 2.24) is 4.90 Å². The monoisotopic (exact) mass is 230 g/mol. The summed E-state index contributed by atoms with van der Waals surface area (Å²) < 4.78 is 5.31. The van der Waals surface area contributed by atoms with Crippen LogP contribution in [0.1, 0.15) is 17.0 Å². The molecule has 0 radical (unpaired) electrons. The van der Waals surface area contributed by atoms with Gasteiger partial charge in [-0.25, -0.2) is 0 Å². The average Bonchev–Trinajstić information content (AvgIpc) is 2.38. The molecule has 0 aliphatic carbocycles. The first-order valence-electron chi connectivity index (χ1n) is 6.06. The van der Waals surface area contributed by atoms with Gasteiger partial charge in [-0.1, -0.05) is 29.8 Å². The number of nitriles is 1. The molecule has 3 nitrogen and oxygen atoms in total. The quantitative estimate of drug-likeness (QED) is 0.796. The molecular weight excluding hydrogens is 212 g/mol. The Labute approximate surface area is 103 Å². The number of nitrogens with zero attached hydrogens (tertiary/aromatic N) is 2. The van der Waals surface area contributed by atoms with Gasteiger partial charge in [-0.15, -0.1) is 0 Å². The minimum absolute atomic E-state index is 0.0336. The molecule has 0 N–H and O–H groups in total. The Hall–Kier alpha value is -1.37. The van der Waals surface area contributed by atoms with Crippen molar-refractivity contribution >= 4 is 0 Å². The molecule has 0 aromatic heterocycles. The number of rotatable bonds is 3. The van der Waals surface area contributed by atoms with Crippen molar-refractivity contribution in [2.45, 2.75) is 12.8 Å². The van der Waals surface area contributed by atoms with Crippen LogP contribution in [0.25, 0.3) is 0 Å². The van der Waals surface area contributed by atoms with E-state index in [2.05, 4.69) is 42.2 Å². The standard InChI is InChI=1S/C14H18N2O/c1-12-2-4-13(5-3-12)14(10-15)11-16-6-8-17-9-7-16/h2-5,14H,6-9,11H2,1H3. The number of morpholine rings is 1. The summed E-state index contributed by atoms with van der Waals surface area (Å²) in [7, 11) is 0. The second kappa shape index (κ2) is 5.81. The highest BCUT2D eigenvalue weighted by molar-refractivity contribution is 5.28. The summed E-state index contributed by atoms with van der Waals surface area (Å²) in [6.45, 7) is 6.31. The summed E-state index contributed by atoms with van der Waals surface area (Å²) >= 11 is 0. The van der Waals surface area contributed by atoms with Gasteiger partial charge in [0.25, 0.3) is 0 Å². The lowest BCUT2D eigenvalue weighted by Gasteiger charge is -2.28. The second-order valence-electron chi connectivity index (χ2n) is 4.51. The van der Waals surface area contributed by atoms with Crippen LogP contribution in [0.5, 0.6) is 0 Å².